The minimum Gasteiger partial charge on any atom is -0.339 e. The Morgan fingerprint density at radius 1 is 1.22 bits per heavy atom. The number of likely N-dealkylation sites (tertiary alicyclic amines) is 1. The molecule has 0 unspecified atom stereocenters. The van der Waals surface area contributed by atoms with Gasteiger partial charge in [0.15, 0.2) is 0 Å². The van der Waals surface area contributed by atoms with Crippen molar-refractivity contribution in [2.24, 2.45) is 0 Å². The first-order chi connectivity index (χ1) is 8.74. The molecule has 2 heterocycles. The molecule has 1 aromatic rings. The first-order valence-corrected chi connectivity index (χ1v) is 7.98. The molecule has 0 aromatic carbocycles. The Kier molecular flexibility index (Phi) is 4.81. The third-order valence-corrected chi connectivity index (χ3v) is 4.78. The molecular weight excluding hydrogens is 242 g/mol. The highest BCUT2D eigenvalue weighted by Gasteiger charge is 2.20. The summed E-state index contributed by atoms with van der Waals surface area (Å²) in [4.78, 5) is 16.0. The SMILES string of the molecule is CCc1c(C(=O)N2CCCCCCC2)csc1C. The van der Waals surface area contributed by atoms with Gasteiger partial charge in [-0.3, -0.25) is 4.79 Å². The second kappa shape index (κ2) is 6.37. The standard InChI is InChI=1S/C15H23NOS/c1-3-13-12(2)18-11-14(13)15(17)16-9-7-5-4-6-8-10-16/h11H,3-10H2,1-2H3. The molecule has 1 aliphatic rings. The molecule has 0 bridgehead atoms. The van der Waals surface area contributed by atoms with Crippen LogP contribution in [0.1, 0.15) is 59.8 Å². The van der Waals surface area contributed by atoms with E-state index in [2.05, 4.69) is 24.1 Å². The van der Waals surface area contributed by atoms with Crippen LogP contribution in [0.5, 0.6) is 0 Å². The molecule has 0 radical (unpaired) electrons. The van der Waals surface area contributed by atoms with Crippen molar-refractivity contribution in [2.75, 3.05) is 13.1 Å². The lowest BCUT2D eigenvalue weighted by molar-refractivity contribution is 0.0742. The van der Waals surface area contributed by atoms with E-state index in [1.165, 1.54) is 29.7 Å². The summed E-state index contributed by atoms with van der Waals surface area (Å²) in [5.41, 5.74) is 2.22. The minimum absolute atomic E-state index is 0.262. The molecule has 0 atom stereocenters. The molecule has 0 aliphatic carbocycles. The molecule has 1 fully saturated rings. The van der Waals surface area contributed by atoms with E-state index in [4.69, 9.17) is 0 Å². The van der Waals surface area contributed by atoms with Gasteiger partial charge in [0.25, 0.3) is 5.91 Å². The molecule has 100 valence electrons. The van der Waals surface area contributed by atoms with E-state index in [9.17, 15) is 4.79 Å². The largest absolute Gasteiger partial charge is 0.339 e. The Morgan fingerprint density at radius 2 is 1.83 bits per heavy atom. The van der Waals surface area contributed by atoms with Gasteiger partial charge < -0.3 is 4.90 Å². The molecular formula is C15H23NOS. The number of hydrogen-bond acceptors (Lipinski definition) is 2. The van der Waals surface area contributed by atoms with Crippen LogP contribution in [-0.2, 0) is 6.42 Å². The van der Waals surface area contributed by atoms with Crippen molar-refractivity contribution < 1.29 is 4.79 Å². The Bertz CT molecular complexity index is 403. The van der Waals surface area contributed by atoms with Gasteiger partial charge in [0.1, 0.15) is 0 Å². The number of amides is 1. The molecule has 2 rings (SSSR count). The highest BCUT2D eigenvalue weighted by Crippen LogP contribution is 2.24. The Morgan fingerprint density at radius 3 is 2.44 bits per heavy atom. The van der Waals surface area contributed by atoms with Gasteiger partial charge in [-0.2, -0.15) is 0 Å². The quantitative estimate of drug-likeness (QED) is 0.790. The molecule has 1 aliphatic heterocycles. The number of nitrogens with zero attached hydrogens (tertiary/aromatic N) is 1. The Labute approximate surface area is 114 Å². The molecule has 1 saturated heterocycles. The maximum Gasteiger partial charge on any atom is 0.254 e. The fourth-order valence-corrected chi connectivity index (χ4v) is 3.65. The topological polar surface area (TPSA) is 20.3 Å². The third kappa shape index (κ3) is 2.94. The van der Waals surface area contributed by atoms with Gasteiger partial charge in [0.05, 0.1) is 5.56 Å². The van der Waals surface area contributed by atoms with Crippen molar-refractivity contribution in [1.29, 1.82) is 0 Å². The summed E-state index contributed by atoms with van der Waals surface area (Å²) in [6.07, 6.45) is 7.16. The van der Waals surface area contributed by atoms with Crippen molar-refractivity contribution in [3.05, 3.63) is 21.4 Å². The maximum atomic E-state index is 12.6. The summed E-state index contributed by atoms with van der Waals surface area (Å²) < 4.78 is 0. The van der Waals surface area contributed by atoms with Crippen LogP contribution in [-0.4, -0.2) is 23.9 Å². The van der Waals surface area contributed by atoms with Gasteiger partial charge in [-0.1, -0.05) is 26.2 Å². The van der Waals surface area contributed by atoms with Gasteiger partial charge in [0, 0.05) is 23.3 Å². The van der Waals surface area contributed by atoms with Gasteiger partial charge in [-0.25, -0.2) is 0 Å². The minimum atomic E-state index is 0.262. The summed E-state index contributed by atoms with van der Waals surface area (Å²) in [5.74, 6) is 0.262. The number of thiophene rings is 1. The van der Waals surface area contributed by atoms with Crippen LogP contribution < -0.4 is 0 Å². The average molecular weight is 265 g/mol. The van der Waals surface area contributed by atoms with Gasteiger partial charge >= 0.3 is 0 Å². The molecule has 0 saturated carbocycles. The Hall–Kier alpha value is -0.830. The molecule has 3 heteroatoms. The smallest absolute Gasteiger partial charge is 0.254 e. The molecule has 1 amide bonds. The number of hydrogen-bond donors (Lipinski definition) is 0. The van der Waals surface area contributed by atoms with Crippen molar-refractivity contribution >= 4 is 17.2 Å². The first kappa shape index (κ1) is 13.6. The van der Waals surface area contributed by atoms with E-state index in [1.807, 2.05) is 0 Å². The Balaban J connectivity index is 2.13. The zero-order valence-electron chi connectivity index (χ0n) is 11.5. The van der Waals surface area contributed by atoms with Crippen LogP contribution in [0.15, 0.2) is 5.38 Å². The zero-order valence-corrected chi connectivity index (χ0v) is 12.3. The van der Waals surface area contributed by atoms with Gasteiger partial charge in [-0.15, -0.1) is 11.3 Å². The van der Waals surface area contributed by atoms with E-state index in [-0.39, 0.29) is 5.91 Å². The summed E-state index contributed by atoms with van der Waals surface area (Å²) in [6.45, 7) is 6.14. The number of aryl methyl sites for hydroxylation is 1. The average Bonchev–Trinajstić information content (AvgIpc) is 2.69. The van der Waals surface area contributed by atoms with Gasteiger partial charge in [-0.05, 0) is 31.7 Å². The maximum absolute atomic E-state index is 12.6. The van der Waals surface area contributed by atoms with Crippen molar-refractivity contribution in [1.82, 2.24) is 4.90 Å². The van der Waals surface area contributed by atoms with Crippen LogP contribution in [0.2, 0.25) is 0 Å². The van der Waals surface area contributed by atoms with Crippen molar-refractivity contribution in [3.8, 4) is 0 Å². The molecule has 1 aromatic heterocycles. The third-order valence-electron chi connectivity index (χ3n) is 3.83. The van der Waals surface area contributed by atoms with Crippen LogP contribution in [0, 0.1) is 6.92 Å². The zero-order chi connectivity index (χ0) is 13.0. The molecule has 0 spiro atoms. The van der Waals surface area contributed by atoms with E-state index >= 15 is 0 Å². The van der Waals surface area contributed by atoms with Crippen LogP contribution in [0.25, 0.3) is 0 Å². The predicted octanol–water partition coefficient (Wildman–Crippen LogP) is 4.03. The van der Waals surface area contributed by atoms with Crippen LogP contribution in [0.3, 0.4) is 0 Å². The first-order valence-electron chi connectivity index (χ1n) is 7.10. The highest BCUT2D eigenvalue weighted by atomic mass is 32.1. The second-order valence-corrected chi connectivity index (χ2v) is 6.18. The van der Waals surface area contributed by atoms with E-state index < -0.39 is 0 Å². The second-order valence-electron chi connectivity index (χ2n) is 5.10. The lowest BCUT2D eigenvalue weighted by Gasteiger charge is -2.25. The van der Waals surface area contributed by atoms with Crippen molar-refractivity contribution in [3.63, 3.8) is 0 Å². The van der Waals surface area contributed by atoms with Crippen molar-refractivity contribution in [2.45, 2.75) is 52.4 Å². The normalized spacial score (nSPS) is 17.3. The summed E-state index contributed by atoms with van der Waals surface area (Å²) >= 11 is 1.71. The monoisotopic (exact) mass is 265 g/mol. The van der Waals surface area contributed by atoms with Gasteiger partial charge in [0.2, 0.25) is 0 Å². The molecule has 0 N–H and O–H groups in total. The predicted molar refractivity (Wildman–Crippen MR) is 77.4 cm³/mol. The summed E-state index contributed by atoms with van der Waals surface area (Å²) in [7, 11) is 0. The fourth-order valence-electron chi connectivity index (χ4n) is 2.72. The molecule has 18 heavy (non-hydrogen) atoms. The fraction of sp³-hybridized carbons (Fsp3) is 0.667. The number of rotatable bonds is 2. The van der Waals surface area contributed by atoms with Crippen LogP contribution >= 0.6 is 11.3 Å². The van der Waals surface area contributed by atoms with E-state index in [1.54, 1.807) is 11.3 Å². The summed E-state index contributed by atoms with van der Waals surface area (Å²) in [5, 5.41) is 2.05. The summed E-state index contributed by atoms with van der Waals surface area (Å²) in [6, 6.07) is 0. The number of carbonyl (C=O) groups is 1. The highest BCUT2D eigenvalue weighted by molar-refractivity contribution is 7.10. The van der Waals surface area contributed by atoms with Crippen LogP contribution in [0.4, 0.5) is 0 Å². The lowest BCUT2D eigenvalue weighted by Crippen LogP contribution is -2.34. The lowest BCUT2D eigenvalue weighted by atomic mass is 10.1. The number of carbonyl (C=O) groups excluding carboxylic acids is 1. The van der Waals surface area contributed by atoms with E-state index in [0.717, 1.165) is 37.9 Å². The molecule has 2 nitrogen and oxygen atoms in total. The van der Waals surface area contributed by atoms with E-state index in [0.29, 0.717) is 0 Å².